The van der Waals surface area contributed by atoms with Gasteiger partial charge in [0, 0.05) is 13.0 Å². The first-order valence-electron chi connectivity index (χ1n) is 7.17. The van der Waals surface area contributed by atoms with Crippen molar-refractivity contribution in [1.82, 2.24) is 15.8 Å². The van der Waals surface area contributed by atoms with Gasteiger partial charge in [-0.1, -0.05) is 18.2 Å². The number of hydrazine groups is 1. The Morgan fingerprint density at radius 3 is 2.86 bits per heavy atom. The average molecular weight is 285 g/mol. The van der Waals surface area contributed by atoms with Crippen molar-refractivity contribution in [1.29, 1.82) is 0 Å². The number of nitrogens with zero attached hydrogens (tertiary/aromatic N) is 1. The largest absolute Gasteiger partial charge is 0.508 e. The fourth-order valence-corrected chi connectivity index (χ4v) is 2.39. The molecule has 3 rings (SSSR count). The first kappa shape index (κ1) is 13.9. The molecule has 1 fully saturated rings. The highest BCUT2D eigenvalue weighted by Crippen LogP contribution is 2.20. The molecule has 0 spiro atoms. The van der Waals surface area contributed by atoms with Crippen LogP contribution in [0, 0.1) is 0 Å². The summed E-state index contributed by atoms with van der Waals surface area (Å²) in [5.74, 6) is 1.06. The third-order valence-electron chi connectivity index (χ3n) is 3.58. The number of benzene rings is 1. The Labute approximate surface area is 124 Å². The summed E-state index contributed by atoms with van der Waals surface area (Å²) in [7, 11) is 0. The normalized spacial score (nSPS) is 17.8. The van der Waals surface area contributed by atoms with E-state index in [0.717, 1.165) is 30.0 Å². The van der Waals surface area contributed by atoms with Crippen LogP contribution in [-0.2, 0) is 6.42 Å². The lowest BCUT2D eigenvalue weighted by molar-refractivity contribution is 0.318. The van der Waals surface area contributed by atoms with Crippen LogP contribution in [0.25, 0.3) is 0 Å². The van der Waals surface area contributed by atoms with Crippen LogP contribution in [0.5, 0.6) is 11.5 Å². The minimum atomic E-state index is 0.278. The van der Waals surface area contributed by atoms with E-state index < -0.39 is 0 Å². The van der Waals surface area contributed by atoms with Crippen LogP contribution in [0.15, 0.2) is 42.6 Å². The molecule has 0 aliphatic carbocycles. The average Bonchev–Trinajstić information content (AvgIpc) is 3.04. The van der Waals surface area contributed by atoms with Crippen molar-refractivity contribution in [3.8, 4) is 11.5 Å². The highest BCUT2D eigenvalue weighted by molar-refractivity contribution is 5.32. The second kappa shape index (κ2) is 6.56. The molecule has 3 N–H and O–H groups in total. The van der Waals surface area contributed by atoms with Gasteiger partial charge >= 0.3 is 0 Å². The molecule has 5 nitrogen and oxygen atoms in total. The van der Waals surface area contributed by atoms with Gasteiger partial charge in [-0.05, 0) is 30.2 Å². The number of phenolic OH excluding ortho intramolecular Hbond substituents is 1. The zero-order valence-electron chi connectivity index (χ0n) is 11.7. The molecule has 1 aromatic carbocycles. The van der Waals surface area contributed by atoms with Gasteiger partial charge in [0.05, 0.1) is 24.5 Å². The van der Waals surface area contributed by atoms with Gasteiger partial charge in [0.15, 0.2) is 0 Å². The summed E-state index contributed by atoms with van der Waals surface area (Å²) in [6, 6.07) is 11.5. The Hall–Kier alpha value is -2.11. The first-order valence-corrected chi connectivity index (χ1v) is 7.17. The minimum absolute atomic E-state index is 0.278. The fourth-order valence-electron chi connectivity index (χ4n) is 2.39. The van der Waals surface area contributed by atoms with E-state index in [0.29, 0.717) is 18.8 Å². The van der Waals surface area contributed by atoms with Gasteiger partial charge < -0.3 is 9.84 Å². The van der Waals surface area contributed by atoms with Gasteiger partial charge in [-0.3, -0.25) is 10.4 Å². The number of nitrogens with one attached hydrogen (secondary N) is 2. The third kappa shape index (κ3) is 3.51. The summed E-state index contributed by atoms with van der Waals surface area (Å²) in [6.07, 6.45) is 3.46. The predicted octanol–water partition coefficient (Wildman–Crippen LogP) is 1.95. The third-order valence-corrected chi connectivity index (χ3v) is 3.58. The number of hydrogen-bond acceptors (Lipinski definition) is 5. The lowest BCUT2D eigenvalue weighted by Gasteiger charge is -2.10. The number of hydrogen-bond donors (Lipinski definition) is 3. The molecule has 1 aliphatic heterocycles. The molecule has 1 aromatic heterocycles. The number of phenols is 1. The van der Waals surface area contributed by atoms with Crippen LogP contribution in [0.1, 0.15) is 23.7 Å². The molecule has 0 radical (unpaired) electrons. The second-order valence-corrected chi connectivity index (χ2v) is 5.06. The Morgan fingerprint density at radius 2 is 2.14 bits per heavy atom. The van der Waals surface area contributed by atoms with Crippen LogP contribution >= 0.6 is 0 Å². The van der Waals surface area contributed by atoms with Crippen LogP contribution in [0.3, 0.4) is 0 Å². The minimum Gasteiger partial charge on any atom is -0.508 e. The number of pyridine rings is 1. The summed E-state index contributed by atoms with van der Waals surface area (Å²) in [5.41, 5.74) is 8.19. The molecule has 2 aromatic rings. The van der Waals surface area contributed by atoms with E-state index in [2.05, 4.69) is 15.8 Å². The molecule has 21 heavy (non-hydrogen) atoms. The number of ether oxygens (including phenoxy) is 1. The first-order chi connectivity index (χ1) is 10.3. The van der Waals surface area contributed by atoms with Gasteiger partial charge in [0.2, 0.25) is 0 Å². The molecule has 1 unspecified atom stereocenters. The fraction of sp³-hybridized carbons (Fsp3) is 0.312. The van der Waals surface area contributed by atoms with Crippen LogP contribution < -0.4 is 15.6 Å². The highest BCUT2D eigenvalue weighted by Gasteiger charge is 2.16. The predicted molar refractivity (Wildman–Crippen MR) is 80.0 cm³/mol. The van der Waals surface area contributed by atoms with Gasteiger partial charge in [0.25, 0.3) is 0 Å². The van der Waals surface area contributed by atoms with Gasteiger partial charge in [-0.25, -0.2) is 5.43 Å². The van der Waals surface area contributed by atoms with E-state index in [9.17, 15) is 5.11 Å². The quantitative estimate of drug-likeness (QED) is 0.783. The standard InChI is InChI=1S/C16H19N3O2/c20-16-4-2-1-3-12(16)8-10-21-13-5-6-14(17-11-13)15-7-9-18-19-15/h1-6,11,15,18-20H,7-10H2. The van der Waals surface area contributed by atoms with Crippen LogP contribution in [0.4, 0.5) is 0 Å². The summed E-state index contributed by atoms with van der Waals surface area (Å²) in [5, 5.41) is 9.68. The van der Waals surface area contributed by atoms with Gasteiger partial charge in [0.1, 0.15) is 11.5 Å². The Bertz CT molecular complexity index is 580. The topological polar surface area (TPSA) is 66.4 Å². The smallest absolute Gasteiger partial charge is 0.137 e. The van der Waals surface area contributed by atoms with Crippen LogP contribution in [-0.4, -0.2) is 23.2 Å². The van der Waals surface area contributed by atoms with Gasteiger partial charge in [-0.15, -0.1) is 0 Å². The molecule has 5 heteroatoms. The molecule has 0 saturated carbocycles. The van der Waals surface area contributed by atoms with Gasteiger partial charge in [-0.2, -0.15) is 0 Å². The second-order valence-electron chi connectivity index (χ2n) is 5.06. The Balaban J connectivity index is 1.52. The summed E-state index contributed by atoms with van der Waals surface area (Å²) in [4.78, 5) is 4.43. The zero-order chi connectivity index (χ0) is 14.5. The van der Waals surface area contributed by atoms with Crippen LogP contribution in [0.2, 0.25) is 0 Å². The number of para-hydroxylation sites is 1. The maximum absolute atomic E-state index is 9.68. The maximum Gasteiger partial charge on any atom is 0.137 e. The van der Waals surface area contributed by atoms with E-state index in [4.69, 9.17) is 4.74 Å². The van der Waals surface area contributed by atoms with E-state index >= 15 is 0 Å². The molecule has 2 heterocycles. The van der Waals surface area contributed by atoms with Crippen molar-refractivity contribution in [3.05, 3.63) is 53.9 Å². The lowest BCUT2D eigenvalue weighted by atomic mass is 10.1. The van der Waals surface area contributed by atoms with E-state index in [1.807, 2.05) is 30.3 Å². The summed E-state index contributed by atoms with van der Waals surface area (Å²) in [6.45, 7) is 1.48. The SMILES string of the molecule is Oc1ccccc1CCOc1ccc(C2CCNN2)nc1. The molecule has 0 bridgehead atoms. The maximum atomic E-state index is 9.68. The molecule has 1 aliphatic rings. The van der Waals surface area contributed by atoms with Crippen molar-refractivity contribution in [2.45, 2.75) is 18.9 Å². The zero-order valence-corrected chi connectivity index (χ0v) is 11.7. The molecule has 1 atom stereocenters. The Kier molecular flexibility index (Phi) is 4.33. The monoisotopic (exact) mass is 285 g/mol. The molecular formula is C16H19N3O2. The number of aromatic hydroxyl groups is 1. The Morgan fingerprint density at radius 1 is 1.24 bits per heavy atom. The molecule has 0 amide bonds. The van der Waals surface area contributed by atoms with E-state index in [1.54, 1.807) is 12.3 Å². The van der Waals surface area contributed by atoms with E-state index in [1.165, 1.54) is 0 Å². The summed E-state index contributed by atoms with van der Waals surface area (Å²) < 4.78 is 5.67. The van der Waals surface area contributed by atoms with Crippen molar-refractivity contribution in [2.75, 3.05) is 13.2 Å². The highest BCUT2D eigenvalue weighted by atomic mass is 16.5. The van der Waals surface area contributed by atoms with Crippen molar-refractivity contribution >= 4 is 0 Å². The van der Waals surface area contributed by atoms with Crippen molar-refractivity contribution in [3.63, 3.8) is 0 Å². The number of rotatable bonds is 5. The van der Waals surface area contributed by atoms with Crippen molar-refractivity contribution < 1.29 is 9.84 Å². The molecule has 1 saturated heterocycles. The number of aromatic nitrogens is 1. The van der Waals surface area contributed by atoms with Crippen molar-refractivity contribution in [2.24, 2.45) is 0 Å². The summed E-state index contributed by atoms with van der Waals surface area (Å²) >= 11 is 0. The van der Waals surface area contributed by atoms with E-state index in [-0.39, 0.29) is 6.04 Å². The lowest BCUT2D eigenvalue weighted by Crippen LogP contribution is -2.25. The molecular weight excluding hydrogens is 266 g/mol. The molecule has 110 valence electrons.